The fourth-order valence-electron chi connectivity index (χ4n) is 1.65. The SMILES string of the molecule is Cn1cc(CS(=O)(=O)c2cc(C(=O)O)cc(F)c2F)nn1. The maximum absolute atomic E-state index is 13.7. The van der Waals surface area contributed by atoms with E-state index in [9.17, 15) is 22.0 Å². The molecule has 1 N–H and O–H groups in total. The minimum atomic E-state index is -4.30. The molecule has 0 aliphatic carbocycles. The van der Waals surface area contributed by atoms with Crippen LogP contribution in [0.1, 0.15) is 16.1 Å². The van der Waals surface area contributed by atoms with Crippen LogP contribution in [-0.4, -0.2) is 34.5 Å². The van der Waals surface area contributed by atoms with E-state index >= 15 is 0 Å². The highest BCUT2D eigenvalue weighted by Crippen LogP contribution is 2.23. The molecule has 10 heteroatoms. The number of aryl methyl sites for hydroxylation is 1. The Labute approximate surface area is 117 Å². The third-order valence-corrected chi connectivity index (χ3v) is 4.21. The van der Waals surface area contributed by atoms with Gasteiger partial charge in [-0.15, -0.1) is 5.10 Å². The molecule has 0 radical (unpaired) electrons. The van der Waals surface area contributed by atoms with E-state index in [2.05, 4.69) is 10.3 Å². The van der Waals surface area contributed by atoms with Gasteiger partial charge in [0.05, 0.1) is 11.3 Å². The summed E-state index contributed by atoms with van der Waals surface area (Å²) in [6.45, 7) is 0. The molecule has 0 saturated carbocycles. The number of carboxylic acid groups (broad SMARTS) is 1. The summed E-state index contributed by atoms with van der Waals surface area (Å²) in [4.78, 5) is 9.77. The number of halogens is 2. The zero-order valence-electron chi connectivity index (χ0n) is 10.6. The van der Waals surface area contributed by atoms with Crippen molar-refractivity contribution in [2.75, 3.05) is 0 Å². The van der Waals surface area contributed by atoms with Crippen molar-refractivity contribution in [1.82, 2.24) is 15.0 Å². The van der Waals surface area contributed by atoms with Crippen molar-refractivity contribution in [2.45, 2.75) is 10.6 Å². The lowest BCUT2D eigenvalue weighted by molar-refractivity contribution is 0.0696. The zero-order chi connectivity index (χ0) is 15.8. The Hall–Kier alpha value is -2.36. The Balaban J connectivity index is 2.51. The molecule has 0 fully saturated rings. The molecule has 1 aromatic carbocycles. The molecule has 0 spiro atoms. The van der Waals surface area contributed by atoms with Gasteiger partial charge in [-0.2, -0.15) is 0 Å². The van der Waals surface area contributed by atoms with Crippen LogP contribution in [0.3, 0.4) is 0 Å². The number of hydrogen-bond acceptors (Lipinski definition) is 5. The molecule has 1 heterocycles. The predicted octanol–water partition coefficient (Wildman–Crippen LogP) is 0.765. The van der Waals surface area contributed by atoms with E-state index in [1.807, 2.05) is 0 Å². The Morgan fingerprint density at radius 1 is 1.38 bits per heavy atom. The Kier molecular flexibility index (Phi) is 3.73. The summed E-state index contributed by atoms with van der Waals surface area (Å²) < 4.78 is 52.4. The minimum Gasteiger partial charge on any atom is -0.478 e. The maximum Gasteiger partial charge on any atom is 0.335 e. The maximum atomic E-state index is 13.7. The Morgan fingerprint density at radius 2 is 2.05 bits per heavy atom. The highest BCUT2D eigenvalue weighted by molar-refractivity contribution is 7.90. The number of aromatic carboxylic acids is 1. The van der Waals surface area contributed by atoms with Gasteiger partial charge in [0.15, 0.2) is 21.5 Å². The molecule has 0 bridgehead atoms. The van der Waals surface area contributed by atoms with E-state index in [1.54, 1.807) is 0 Å². The molecule has 0 amide bonds. The topological polar surface area (TPSA) is 102 Å². The standard InChI is InChI=1S/C11H9F2N3O4S/c1-16-4-7(14-15-16)5-21(19,20)9-3-6(11(17)18)2-8(12)10(9)13/h2-4H,5H2,1H3,(H,17,18). The van der Waals surface area contributed by atoms with Gasteiger partial charge in [-0.3, -0.25) is 4.68 Å². The predicted molar refractivity (Wildman–Crippen MR) is 65.2 cm³/mol. The van der Waals surface area contributed by atoms with E-state index < -0.39 is 43.7 Å². The summed E-state index contributed by atoms with van der Waals surface area (Å²) in [6.07, 6.45) is 1.30. The van der Waals surface area contributed by atoms with Crippen molar-refractivity contribution in [1.29, 1.82) is 0 Å². The van der Waals surface area contributed by atoms with Gasteiger partial charge in [0.1, 0.15) is 10.6 Å². The Morgan fingerprint density at radius 3 is 2.57 bits per heavy atom. The fourth-order valence-corrected chi connectivity index (χ4v) is 3.00. The smallest absolute Gasteiger partial charge is 0.335 e. The van der Waals surface area contributed by atoms with Crippen LogP contribution in [-0.2, 0) is 22.6 Å². The highest BCUT2D eigenvalue weighted by Gasteiger charge is 2.26. The lowest BCUT2D eigenvalue weighted by atomic mass is 10.2. The molecule has 7 nitrogen and oxygen atoms in total. The second-order valence-corrected chi connectivity index (χ2v) is 6.18. The lowest BCUT2D eigenvalue weighted by Gasteiger charge is -2.06. The summed E-state index contributed by atoms with van der Waals surface area (Å²) in [7, 11) is -2.80. The van der Waals surface area contributed by atoms with Crippen LogP contribution >= 0.6 is 0 Å². The molecule has 21 heavy (non-hydrogen) atoms. The zero-order valence-corrected chi connectivity index (χ0v) is 11.4. The van der Waals surface area contributed by atoms with Crippen LogP contribution in [0.15, 0.2) is 23.2 Å². The summed E-state index contributed by atoms with van der Waals surface area (Å²) in [5, 5.41) is 15.8. The van der Waals surface area contributed by atoms with E-state index in [0.29, 0.717) is 12.1 Å². The Bertz CT molecular complexity index is 817. The first-order valence-electron chi connectivity index (χ1n) is 5.51. The number of benzene rings is 1. The van der Waals surface area contributed by atoms with Gasteiger partial charge in [-0.05, 0) is 12.1 Å². The average Bonchev–Trinajstić information content (AvgIpc) is 2.76. The normalized spacial score (nSPS) is 11.6. The largest absolute Gasteiger partial charge is 0.478 e. The minimum absolute atomic E-state index is 0.0260. The third kappa shape index (κ3) is 3.05. The molecule has 0 unspecified atom stereocenters. The number of carbonyl (C=O) groups is 1. The highest BCUT2D eigenvalue weighted by atomic mass is 32.2. The van der Waals surface area contributed by atoms with Crippen LogP contribution in [0.2, 0.25) is 0 Å². The molecular weight excluding hydrogens is 308 g/mol. The van der Waals surface area contributed by atoms with Gasteiger partial charge in [-0.25, -0.2) is 22.0 Å². The van der Waals surface area contributed by atoms with Gasteiger partial charge in [0.2, 0.25) is 0 Å². The number of rotatable bonds is 4. The monoisotopic (exact) mass is 317 g/mol. The van der Waals surface area contributed by atoms with Gasteiger partial charge < -0.3 is 5.11 Å². The molecular formula is C11H9F2N3O4S. The number of carboxylic acids is 1. The van der Waals surface area contributed by atoms with E-state index in [1.165, 1.54) is 17.9 Å². The van der Waals surface area contributed by atoms with Gasteiger partial charge >= 0.3 is 5.97 Å². The first-order chi connectivity index (χ1) is 9.70. The van der Waals surface area contributed by atoms with Crippen molar-refractivity contribution >= 4 is 15.8 Å². The molecule has 112 valence electrons. The van der Waals surface area contributed by atoms with Gasteiger partial charge in [-0.1, -0.05) is 5.21 Å². The number of aromatic nitrogens is 3. The summed E-state index contributed by atoms with van der Waals surface area (Å²) in [5.41, 5.74) is -0.635. The lowest BCUT2D eigenvalue weighted by Crippen LogP contribution is -2.11. The molecule has 2 aromatic rings. The van der Waals surface area contributed by atoms with E-state index in [4.69, 9.17) is 5.11 Å². The second kappa shape index (κ2) is 5.20. The first-order valence-corrected chi connectivity index (χ1v) is 7.16. The van der Waals surface area contributed by atoms with Gasteiger partial charge in [0, 0.05) is 13.2 Å². The van der Waals surface area contributed by atoms with Crippen LogP contribution in [0, 0.1) is 11.6 Å². The summed E-state index contributed by atoms with van der Waals surface area (Å²) in [6, 6.07) is 0.992. The van der Waals surface area contributed by atoms with Gasteiger partial charge in [0.25, 0.3) is 0 Å². The second-order valence-electron chi connectivity index (χ2n) is 4.22. The number of nitrogens with zero attached hydrogens (tertiary/aromatic N) is 3. The molecule has 1 aromatic heterocycles. The van der Waals surface area contributed by atoms with Crippen LogP contribution in [0.5, 0.6) is 0 Å². The number of hydrogen-bond donors (Lipinski definition) is 1. The van der Waals surface area contributed by atoms with Crippen LogP contribution < -0.4 is 0 Å². The van der Waals surface area contributed by atoms with E-state index in [0.717, 1.165) is 0 Å². The fraction of sp³-hybridized carbons (Fsp3) is 0.182. The van der Waals surface area contributed by atoms with Crippen molar-refractivity contribution in [3.8, 4) is 0 Å². The summed E-state index contributed by atoms with van der Waals surface area (Å²) >= 11 is 0. The van der Waals surface area contributed by atoms with Crippen molar-refractivity contribution in [2.24, 2.45) is 7.05 Å². The van der Waals surface area contributed by atoms with E-state index in [-0.39, 0.29) is 5.69 Å². The van der Waals surface area contributed by atoms with Crippen LogP contribution in [0.25, 0.3) is 0 Å². The quantitative estimate of drug-likeness (QED) is 0.893. The third-order valence-electron chi connectivity index (χ3n) is 2.56. The molecule has 0 atom stereocenters. The number of sulfone groups is 1. The molecule has 0 saturated heterocycles. The average molecular weight is 317 g/mol. The first kappa shape index (κ1) is 15.0. The van der Waals surface area contributed by atoms with Crippen LogP contribution in [0.4, 0.5) is 8.78 Å². The van der Waals surface area contributed by atoms with Crippen molar-refractivity contribution in [3.63, 3.8) is 0 Å². The van der Waals surface area contributed by atoms with Crippen molar-refractivity contribution in [3.05, 3.63) is 41.2 Å². The molecule has 0 aliphatic rings. The summed E-state index contributed by atoms with van der Waals surface area (Å²) in [5.74, 6) is -5.46. The molecule has 0 aliphatic heterocycles. The molecule has 2 rings (SSSR count). The van der Waals surface area contributed by atoms with Crippen molar-refractivity contribution < 1.29 is 27.1 Å².